The van der Waals surface area contributed by atoms with Crippen LogP contribution in [0.5, 0.6) is 0 Å². The van der Waals surface area contributed by atoms with Crippen molar-refractivity contribution >= 4 is 0 Å². The normalized spacial score (nSPS) is 27.0. The lowest BCUT2D eigenvalue weighted by atomic mass is 9.87. The molecule has 1 fully saturated rings. The zero-order valence-corrected chi connectivity index (χ0v) is 14.4. The van der Waals surface area contributed by atoms with Crippen LogP contribution < -0.4 is 5.73 Å². The second-order valence-corrected chi connectivity index (χ2v) is 6.35. The van der Waals surface area contributed by atoms with E-state index in [4.69, 9.17) is 15.2 Å². The molecule has 0 aliphatic heterocycles. The van der Waals surface area contributed by atoms with Gasteiger partial charge < -0.3 is 15.2 Å². The first-order valence-electron chi connectivity index (χ1n) is 8.79. The summed E-state index contributed by atoms with van der Waals surface area (Å²) in [5, 5.41) is 0. The van der Waals surface area contributed by atoms with Crippen molar-refractivity contribution in [1.29, 1.82) is 0 Å². The molecule has 1 aliphatic carbocycles. The molecule has 1 saturated carbocycles. The predicted molar refractivity (Wildman–Crippen MR) is 88.6 cm³/mol. The second-order valence-electron chi connectivity index (χ2n) is 6.35. The minimum Gasteiger partial charge on any atom is -0.380 e. The van der Waals surface area contributed by atoms with Crippen molar-refractivity contribution in [2.45, 2.75) is 58.4 Å². The van der Waals surface area contributed by atoms with Crippen molar-refractivity contribution in [3.05, 3.63) is 0 Å². The Labute approximate surface area is 131 Å². The van der Waals surface area contributed by atoms with Crippen LogP contribution in [0.2, 0.25) is 0 Å². The summed E-state index contributed by atoms with van der Waals surface area (Å²) in [6, 6.07) is 0. The minimum atomic E-state index is 0.152. The van der Waals surface area contributed by atoms with Crippen LogP contribution in [-0.2, 0) is 9.47 Å². The number of hydrogen-bond donors (Lipinski definition) is 1. The fourth-order valence-electron chi connectivity index (χ4n) is 3.44. The van der Waals surface area contributed by atoms with E-state index in [-0.39, 0.29) is 5.54 Å². The molecule has 0 bridgehead atoms. The van der Waals surface area contributed by atoms with Gasteiger partial charge in [-0.25, -0.2) is 0 Å². The summed E-state index contributed by atoms with van der Waals surface area (Å²) < 4.78 is 11.2. The van der Waals surface area contributed by atoms with Crippen molar-refractivity contribution in [3.63, 3.8) is 0 Å². The Morgan fingerprint density at radius 2 is 1.67 bits per heavy atom. The number of nitrogens with zero attached hydrogens (tertiary/aromatic N) is 1. The van der Waals surface area contributed by atoms with Crippen LogP contribution in [0.1, 0.15) is 52.9 Å². The summed E-state index contributed by atoms with van der Waals surface area (Å²) in [6.07, 6.45) is 6.34. The highest BCUT2D eigenvalue weighted by Crippen LogP contribution is 2.34. The lowest BCUT2D eigenvalue weighted by Gasteiger charge is -2.43. The third-order valence-electron chi connectivity index (χ3n) is 4.91. The van der Waals surface area contributed by atoms with E-state index >= 15 is 0 Å². The summed E-state index contributed by atoms with van der Waals surface area (Å²) in [5.41, 5.74) is 6.39. The van der Waals surface area contributed by atoms with Gasteiger partial charge in [-0.1, -0.05) is 19.8 Å². The first-order valence-corrected chi connectivity index (χ1v) is 8.79. The highest BCUT2D eigenvalue weighted by atomic mass is 16.5. The van der Waals surface area contributed by atoms with Crippen molar-refractivity contribution in [1.82, 2.24) is 4.90 Å². The standard InChI is InChI=1S/C17H36N2O2/c1-4-20-13-11-19(12-14-21-5-2)17(15-18)9-6-7-16(3)8-10-17/h16H,4-15,18H2,1-3H3. The number of hydrogen-bond acceptors (Lipinski definition) is 4. The van der Waals surface area contributed by atoms with Crippen LogP contribution in [0.3, 0.4) is 0 Å². The monoisotopic (exact) mass is 300 g/mol. The number of ether oxygens (including phenoxy) is 2. The van der Waals surface area contributed by atoms with Crippen molar-refractivity contribution in [3.8, 4) is 0 Å². The molecule has 21 heavy (non-hydrogen) atoms. The van der Waals surface area contributed by atoms with Gasteiger partial charge in [-0.15, -0.1) is 0 Å². The molecule has 0 spiro atoms. The van der Waals surface area contributed by atoms with Gasteiger partial charge in [-0.3, -0.25) is 4.90 Å². The maximum Gasteiger partial charge on any atom is 0.0593 e. The zero-order chi connectivity index (χ0) is 15.6. The topological polar surface area (TPSA) is 47.7 Å². The Hall–Kier alpha value is -0.160. The maximum absolute atomic E-state index is 6.24. The summed E-state index contributed by atoms with van der Waals surface area (Å²) >= 11 is 0. The Morgan fingerprint density at radius 3 is 2.19 bits per heavy atom. The van der Waals surface area contributed by atoms with Crippen LogP contribution in [0.15, 0.2) is 0 Å². The lowest BCUT2D eigenvalue weighted by Crippen LogP contribution is -2.55. The molecule has 0 aromatic carbocycles. The van der Waals surface area contributed by atoms with Gasteiger partial charge >= 0.3 is 0 Å². The van der Waals surface area contributed by atoms with Crippen LogP contribution in [0.25, 0.3) is 0 Å². The molecule has 2 N–H and O–H groups in total. The zero-order valence-electron chi connectivity index (χ0n) is 14.4. The fraction of sp³-hybridized carbons (Fsp3) is 1.00. The molecule has 0 aromatic rings. The Bertz CT molecular complexity index is 253. The smallest absolute Gasteiger partial charge is 0.0593 e. The summed E-state index contributed by atoms with van der Waals surface area (Å²) in [6.45, 7) is 12.3. The fourth-order valence-corrected chi connectivity index (χ4v) is 3.44. The van der Waals surface area contributed by atoms with Gasteiger partial charge in [0.1, 0.15) is 0 Å². The van der Waals surface area contributed by atoms with Gasteiger partial charge in [0.2, 0.25) is 0 Å². The quantitative estimate of drug-likeness (QED) is 0.498. The van der Waals surface area contributed by atoms with Gasteiger partial charge in [-0.05, 0) is 39.0 Å². The lowest BCUT2D eigenvalue weighted by molar-refractivity contribution is 0.0145. The summed E-state index contributed by atoms with van der Waals surface area (Å²) in [4.78, 5) is 2.55. The Morgan fingerprint density at radius 1 is 1.05 bits per heavy atom. The average Bonchev–Trinajstić information content (AvgIpc) is 2.68. The largest absolute Gasteiger partial charge is 0.380 e. The molecule has 1 rings (SSSR count). The first-order chi connectivity index (χ1) is 10.2. The molecule has 0 amide bonds. The van der Waals surface area contributed by atoms with Gasteiger partial charge in [0.25, 0.3) is 0 Å². The van der Waals surface area contributed by atoms with E-state index in [2.05, 4.69) is 25.7 Å². The summed E-state index contributed by atoms with van der Waals surface area (Å²) in [7, 11) is 0. The summed E-state index contributed by atoms with van der Waals surface area (Å²) in [5.74, 6) is 0.832. The van der Waals surface area contributed by atoms with Crippen molar-refractivity contribution in [2.75, 3.05) is 46.1 Å². The van der Waals surface area contributed by atoms with Gasteiger partial charge in [0, 0.05) is 38.4 Å². The first kappa shape index (κ1) is 18.9. The van der Waals surface area contributed by atoms with Crippen LogP contribution >= 0.6 is 0 Å². The third kappa shape index (κ3) is 6.23. The third-order valence-corrected chi connectivity index (χ3v) is 4.91. The van der Waals surface area contributed by atoms with E-state index in [1.807, 2.05) is 0 Å². The molecule has 0 aromatic heterocycles. The Kier molecular flexibility index (Phi) is 9.49. The predicted octanol–water partition coefficient (Wildman–Crippen LogP) is 2.66. The molecule has 2 unspecified atom stereocenters. The van der Waals surface area contributed by atoms with Crippen LogP contribution in [-0.4, -0.2) is 56.5 Å². The van der Waals surface area contributed by atoms with Gasteiger partial charge in [0.15, 0.2) is 0 Å². The average molecular weight is 300 g/mol. The molecule has 2 atom stereocenters. The molecule has 4 nitrogen and oxygen atoms in total. The maximum atomic E-state index is 6.24. The van der Waals surface area contributed by atoms with Crippen LogP contribution in [0, 0.1) is 5.92 Å². The van der Waals surface area contributed by atoms with E-state index in [0.29, 0.717) is 0 Å². The molecule has 126 valence electrons. The number of nitrogens with two attached hydrogens (primary N) is 1. The van der Waals surface area contributed by atoms with Gasteiger partial charge in [0.05, 0.1) is 13.2 Å². The second kappa shape index (κ2) is 10.5. The van der Waals surface area contributed by atoms with Gasteiger partial charge in [-0.2, -0.15) is 0 Å². The Balaban J connectivity index is 2.68. The molecule has 0 heterocycles. The minimum absolute atomic E-state index is 0.152. The van der Waals surface area contributed by atoms with E-state index in [1.165, 1.54) is 32.1 Å². The molecule has 4 heteroatoms. The number of rotatable bonds is 10. The SMILES string of the molecule is CCOCCN(CCOCC)C1(CN)CCCC(C)CC1. The van der Waals surface area contributed by atoms with E-state index < -0.39 is 0 Å². The molecular weight excluding hydrogens is 264 g/mol. The van der Waals surface area contributed by atoms with Crippen molar-refractivity contribution in [2.24, 2.45) is 11.7 Å². The van der Waals surface area contributed by atoms with Crippen molar-refractivity contribution < 1.29 is 9.47 Å². The van der Waals surface area contributed by atoms with E-state index in [9.17, 15) is 0 Å². The molecular formula is C17H36N2O2. The highest BCUT2D eigenvalue weighted by molar-refractivity contribution is 4.94. The van der Waals surface area contributed by atoms with E-state index in [1.54, 1.807) is 0 Å². The van der Waals surface area contributed by atoms with E-state index in [0.717, 1.165) is 52.0 Å². The molecule has 0 saturated heterocycles. The molecule has 0 radical (unpaired) electrons. The highest BCUT2D eigenvalue weighted by Gasteiger charge is 2.36. The molecule has 1 aliphatic rings. The van der Waals surface area contributed by atoms with Crippen LogP contribution in [0.4, 0.5) is 0 Å².